The number of methoxy groups -OCH3 is 2. The minimum absolute atomic E-state index is 0.0171. The van der Waals surface area contributed by atoms with E-state index in [-0.39, 0.29) is 112 Å². The van der Waals surface area contributed by atoms with E-state index in [0.717, 1.165) is 20.9 Å². The van der Waals surface area contributed by atoms with Crippen molar-refractivity contribution in [2.24, 2.45) is 10.9 Å². The van der Waals surface area contributed by atoms with Crippen LogP contribution >= 0.6 is 0 Å². The van der Waals surface area contributed by atoms with E-state index >= 15 is 0 Å². The molecule has 0 aliphatic carbocycles. The molecule has 32 nitrogen and oxygen atoms in total. The fraction of sp³-hybridized carbons (Fsp3) is 0.534. The predicted octanol–water partition coefficient (Wildman–Crippen LogP) is 4.52. The van der Waals surface area contributed by atoms with Crippen molar-refractivity contribution in [1.82, 2.24) is 30.7 Å². The maximum absolute atomic E-state index is 14.3. The van der Waals surface area contributed by atoms with Crippen molar-refractivity contribution in [2.45, 2.75) is 104 Å². The summed E-state index contributed by atoms with van der Waals surface area (Å²) in [6.07, 6.45) is 6.43. The molecule has 3 aromatic carbocycles. The Bertz CT molecular complexity index is 3590. The standard InChI is InChI=1S/C73H97N9O23/c1-47(2)67(78-64(84)16-21-95-23-25-97-27-29-99-31-33-101-35-36-102-34-32-100-30-28-98-26-24-96-22-17-74-63(83)15-18-79-65(85)13-14-66(79)86)69(88)76-50(5)68(87)77-52-11-9-51(10-12-52)46-105-73(92)82-57-42-62(60(94-7)40-55(57)71(90)81-45-49(4)38-58(81)72(82)91)104-20-8-19-103-61-41-56-54(39-59(61)93-6)70(89)80-44-48(3)37-53(80)43-75-56/h9-14,39-45,47,50,53,58,67,72,91H,8,15-38,46H2,1-7H3,(H,74,83)(H,76,88)(H,77,87)(H,78,84)/t50-,53?,58-,67-,72-/m0/s1. The minimum Gasteiger partial charge on any atom is -0.493 e. The fourth-order valence-electron chi connectivity index (χ4n) is 11.4. The summed E-state index contributed by atoms with van der Waals surface area (Å²) in [6, 6.07) is 9.68. The van der Waals surface area contributed by atoms with Gasteiger partial charge >= 0.3 is 6.09 Å². The van der Waals surface area contributed by atoms with Gasteiger partial charge in [0, 0.05) is 80.9 Å². The smallest absolute Gasteiger partial charge is 0.416 e. The van der Waals surface area contributed by atoms with E-state index in [1.54, 1.807) is 67.6 Å². The summed E-state index contributed by atoms with van der Waals surface area (Å²) >= 11 is 0. The van der Waals surface area contributed by atoms with Gasteiger partial charge in [-0.25, -0.2) is 9.69 Å². The fourth-order valence-corrected chi connectivity index (χ4v) is 11.4. The van der Waals surface area contributed by atoms with Crippen LogP contribution in [0, 0.1) is 5.92 Å². The molecule has 0 fully saturated rings. The molecule has 8 rings (SSSR count). The molecule has 0 saturated heterocycles. The Morgan fingerprint density at radius 1 is 0.581 bits per heavy atom. The van der Waals surface area contributed by atoms with Crippen LogP contribution in [0.4, 0.5) is 21.9 Å². The summed E-state index contributed by atoms with van der Waals surface area (Å²) in [5.74, 6) is -2.49. The maximum Gasteiger partial charge on any atom is 0.416 e. The van der Waals surface area contributed by atoms with E-state index in [9.17, 15) is 48.3 Å². The lowest BCUT2D eigenvalue weighted by Crippen LogP contribution is -2.53. The zero-order valence-electron chi connectivity index (χ0n) is 60.5. The van der Waals surface area contributed by atoms with Crippen LogP contribution in [0.25, 0.3) is 0 Å². The number of carbonyl (C=O) groups is 9. The molecule has 0 radical (unpaired) electrons. The second kappa shape index (κ2) is 41.9. The van der Waals surface area contributed by atoms with E-state index in [4.69, 9.17) is 61.6 Å². The highest BCUT2D eigenvalue weighted by atomic mass is 16.6. The number of amides is 9. The molecule has 32 heteroatoms. The number of rotatable bonds is 46. The lowest BCUT2D eigenvalue weighted by Gasteiger charge is -2.31. The Morgan fingerprint density at radius 3 is 1.68 bits per heavy atom. The van der Waals surface area contributed by atoms with Gasteiger partial charge in [-0.1, -0.05) is 37.1 Å². The number of anilines is 2. The Hall–Kier alpha value is -9.38. The van der Waals surface area contributed by atoms with Crippen molar-refractivity contribution < 1.29 is 110 Å². The lowest BCUT2D eigenvalue weighted by atomic mass is 10.0. The Morgan fingerprint density at radius 2 is 1.10 bits per heavy atom. The Balaban J connectivity index is 0.654. The number of hydrogen-bond donors (Lipinski definition) is 5. The molecule has 9 amide bonds. The topological polar surface area (TPSA) is 367 Å². The van der Waals surface area contributed by atoms with Gasteiger partial charge in [0.25, 0.3) is 23.6 Å². The number of imide groups is 1. The zero-order chi connectivity index (χ0) is 75.2. The van der Waals surface area contributed by atoms with Gasteiger partial charge in [-0.3, -0.25) is 48.2 Å². The van der Waals surface area contributed by atoms with Gasteiger partial charge in [0.1, 0.15) is 18.7 Å². The normalized spacial score (nSPS) is 17.1. The Labute approximate surface area is 609 Å². The predicted molar refractivity (Wildman–Crippen MR) is 379 cm³/mol. The lowest BCUT2D eigenvalue weighted by molar-refractivity contribution is -0.137. The number of fused-ring (bicyclic) bond motifs is 4. The van der Waals surface area contributed by atoms with E-state index in [0.29, 0.717) is 139 Å². The van der Waals surface area contributed by atoms with Gasteiger partial charge in [-0.15, -0.1) is 0 Å². The molecule has 0 aromatic heterocycles. The summed E-state index contributed by atoms with van der Waals surface area (Å²) in [6.45, 7) is 14.6. The van der Waals surface area contributed by atoms with E-state index < -0.39 is 65.9 Å². The number of aliphatic hydroxyl groups excluding tert-OH is 1. The van der Waals surface area contributed by atoms with Gasteiger partial charge in [-0.05, 0) is 69.4 Å². The molecule has 5 atom stereocenters. The molecule has 5 heterocycles. The molecule has 0 spiro atoms. The highest BCUT2D eigenvalue weighted by Crippen LogP contribution is 2.43. The molecular weight excluding hydrogens is 1370 g/mol. The minimum atomic E-state index is -1.55. The van der Waals surface area contributed by atoms with Crippen molar-refractivity contribution >= 4 is 76.6 Å². The molecule has 105 heavy (non-hydrogen) atoms. The number of aliphatic imine (C=N–C) groups is 1. The van der Waals surface area contributed by atoms with Gasteiger partial charge in [0.05, 0.1) is 168 Å². The van der Waals surface area contributed by atoms with Gasteiger partial charge in [-0.2, -0.15) is 0 Å². The molecule has 0 saturated carbocycles. The van der Waals surface area contributed by atoms with Crippen LogP contribution in [0.15, 0.2) is 89.2 Å². The number of hydrogen-bond acceptors (Lipinski definition) is 24. The third kappa shape index (κ3) is 24.3. The summed E-state index contributed by atoms with van der Waals surface area (Å²) < 4.78 is 73.5. The van der Waals surface area contributed by atoms with Gasteiger partial charge in [0.2, 0.25) is 23.6 Å². The van der Waals surface area contributed by atoms with Crippen LogP contribution in [0.2, 0.25) is 0 Å². The van der Waals surface area contributed by atoms with Crippen LogP contribution in [0.3, 0.4) is 0 Å². The largest absolute Gasteiger partial charge is 0.493 e. The van der Waals surface area contributed by atoms with Crippen LogP contribution in [-0.2, 0) is 78.0 Å². The average Bonchev–Trinajstić information content (AvgIpc) is 1.63. The third-order valence-electron chi connectivity index (χ3n) is 17.0. The van der Waals surface area contributed by atoms with E-state index in [2.05, 4.69) is 26.3 Å². The summed E-state index contributed by atoms with van der Waals surface area (Å²) in [5.41, 5.74) is 3.72. The number of nitrogens with zero attached hydrogens (tertiary/aromatic N) is 5. The van der Waals surface area contributed by atoms with Crippen LogP contribution < -0.4 is 45.1 Å². The third-order valence-corrected chi connectivity index (χ3v) is 17.0. The summed E-state index contributed by atoms with van der Waals surface area (Å²) in [7, 11) is 2.91. The van der Waals surface area contributed by atoms with Crippen molar-refractivity contribution in [3.8, 4) is 23.0 Å². The van der Waals surface area contributed by atoms with Crippen molar-refractivity contribution in [3.63, 3.8) is 0 Å². The van der Waals surface area contributed by atoms with Crippen molar-refractivity contribution in [2.75, 3.05) is 156 Å². The second-order valence-electron chi connectivity index (χ2n) is 25.2. The molecule has 1 unspecified atom stereocenters. The maximum atomic E-state index is 14.3. The van der Waals surface area contributed by atoms with E-state index in [1.165, 1.54) is 50.3 Å². The van der Waals surface area contributed by atoms with Crippen LogP contribution in [0.1, 0.15) is 93.0 Å². The quantitative estimate of drug-likeness (QED) is 0.0383. The first-order valence-electron chi connectivity index (χ1n) is 35.0. The molecule has 0 bridgehead atoms. The number of aliphatic hydroxyl groups is 1. The molecular formula is C73H97N9O23. The molecule has 5 N–H and O–H groups in total. The number of ether oxygens (including phenoxy) is 13. The van der Waals surface area contributed by atoms with Crippen molar-refractivity contribution in [1.29, 1.82) is 0 Å². The monoisotopic (exact) mass is 1470 g/mol. The molecule has 5 aliphatic rings. The van der Waals surface area contributed by atoms with E-state index in [1.807, 2.05) is 20.0 Å². The highest BCUT2D eigenvalue weighted by Gasteiger charge is 2.45. The van der Waals surface area contributed by atoms with Crippen LogP contribution in [0.5, 0.6) is 23.0 Å². The molecule has 572 valence electrons. The number of nitrogens with one attached hydrogen (secondary N) is 4. The second-order valence-corrected chi connectivity index (χ2v) is 25.2. The van der Waals surface area contributed by atoms with Crippen molar-refractivity contribution in [3.05, 3.63) is 101 Å². The molecule has 5 aliphatic heterocycles. The van der Waals surface area contributed by atoms with Gasteiger partial charge < -0.3 is 97.8 Å². The first-order chi connectivity index (χ1) is 50.7. The summed E-state index contributed by atoms with van der Waals surface area (Å²) in [4.78, 5) is 126. The Kier molecular flexibility index (Phi) is 32.5. The average molecular weight is 1470 g/mol. The molecule has 3 aromatic rings. The number of carbonyl (C=O) groups excluding carboxylic acids is 9. The van der Waals surface area contributed by atoms with Gasteiger partial charge in [0.15, 0.2) is 29.2 Å². The van der Waals surface area contributed by atoms with Crippen LogP contribution in [-0.4, -0.2) is 256 Å². The summed E-state index contributed by atoms with van der Waals surface area (Å²) in [5, 5.41) is 22.8. The first kappa shape index (κ1) is 81.3. The SMILES string of the molecule is COc1cc2c(cc1OCCCOc1cc3c(cc1OC)C(=O)N1C=C(C)C[C@H]1[C@H](O)N3C(=O)OCc1ccc(NC(=O)[C@H](C)NC(=O)[C@@H](NC(=O)CCOCCOCCOCCOCCOCCOCCOCCOCCNC(=O)CCN3C(=O)C=CC3=O)C(C)C)cc1)N=CC1CC(C)=CN1C2=O. The number of benzene rings is 3. The zero-order valence-corrected chi connectivity index (χ0v) is 60.5. The first-order valence-corrected chi connectivity index (χ1v) is 35.0. The highest BCUT2D eigenvalue weighted by molar-refractivity contribution is 6.13.